The van der Waals surface area contributed by atoms with Crippen LogP contribution in [0.2, 0.25) is 0 Å². The van der Waals surface area contributed by atoms with Crippen molar-refractivity contribution in [3.05, 3.63) is 66.0 Å². The predicted octanol–water partition coefficient (Wildman–Crippen LogP) is 4.90. The van der Waals surface area contributed by atoms with E-state index in [-0.39, 0.29) is 12.4 Å². The Balaban J connectivity index is 1.57. The van der Waals surface area contributed by atoms with Crippen LogP contribution in [0.1, 0.15) is 23.6 Å². The molecule has 0 unspecified atom stereocenters. The molecule has 5 nitrogen and oxygen atoms in total. The number of nitrogens with one attached hydrogen (secondary N) is 2. The number of fused-ring (bicyclic) bond motifs is 2. The van der Waals surface area contributed by atoms with Crippen LogP contribution in [0.25, 0.3) is 10.8 Å². The third-order valence-electron chi connectivity index (χ3n) is 4.61. The van der Waals surface area contributed by atoms with Crippen molar-refractivity contribution < 1.29 is 22.7 Å². The lowest BCUT2D eigenvalue weighted by atomic mass is 9.97. The fraction of sp³-hybridized carbons (Fsp3) is 0.200. The van der Waals surface area contributed by atoms with E-state index in [9.17, 15) is 18.0 Å². The van der Waals surface area contributed by atoms with E-state index in [0.29, 0.717) is 17.7 Å². The summed E-state index contributed by atoms with van der Waals surface area (Å²) in [5.74, 6) is -0.220. The second-order valence-corrected chi connectivity index (χ2v) is 6.41. The van der Waals surface area contributed by atoms with Crippen LogP contribution in [0, 0.1) is 0 Å². The average molecular weight is 387 g/mol. The number of para-hydroxylation sites is 1. The highest BCUT2D eigenvalue weighted by molar-refractivity contribution is 6.01. The van der Waals surface area contributed by atoms with Crippen molar-refractivity contribution >= 4 is 22.5 Å². The van der Waals surface area contributed by atoms with Crippen LogP contribution in [-0.2, 0) is 6.18 Å². The molecule has 0 spiro atoms. The van der Waals surface area contributed by atoms with Gasteiger partial charge < -0.3 is 15.4 Å². The van der Waals surface area contributed by atoms with Gasteiger partial charge in [0.05, 0.1) is 23.9 Å². The zero-order chi connectivity index (χ0) is 19.7. The quantitative estimate of drug-likeness (QED) is 0.658. The summed E-state index contributed by atoms with van der Waals surface area (Å²) in [5, 5.41) is 7.21. The lowest BCUT2D eigenvalue weighted by molar-refractivity contribution is -0.139. The topological polar surface area (TPSA) is 63.2 Å². The van der Waals surface area contributed by atoms with E-state index in [4.69, 9.17) is 4.74 Å². The maximum absolute atomic E-state index is 13.2. The molecular formula is C20H16F3N3O2. The molecule has 1 atom stereocenters. The molecule has 0 saturated carbocycles. The van der Waals surface area contributed by atoms with Gasteiger partial charge in [-0.1, -0.05) is 24.3 Å². The number of pyridine rings is 1. The molecule has 2 aromatic carbocycles. The van der Waals surface area contributed by atoms with Gasteiger partial charge in [0.25, 0.3) is 0 Å². The van der Waals surface area contributed by atoms with Crippen molar-refractivity contribution in [1.29, 1.82) is 0 Å². The van der Waals surface area contributed by atoms with E-state index < -0.39 is 23.8 Å². The highest BCUT2D eigenvalue weighted by atomic mass is 19.4. The van der Waals surface area contributed by atoms with Crippen LogP contribution < -0.4 is 15.4 Å². The molecule has 0 fully saturated rings. The number of carbonyl (C=O) groups is 1. The first kappa shape index (κ1) is 18.1. The summed E-state index contributed by atoms with van der Waals surface area (Å²) < 4.78 is 44.9. The molecule has 144 valence electrons. The van der Waals surface area contributed by atoms with E-state index in [1.165, 1.54) is 12.1 Å². The zero-order valence-electron chi connectivity index (χ0n) is 14.6. The third-order valence-corrected chi connectivity index (χ3v) is 4.61. The summed E-state index contributed by atoms with van der Waals surface area (Å²) in [6, 6.07) is 9.95. The summed E-state index contributed by atoms with van der Waals surface area (Å²) in [4.78, 5) is 16.6. The predicted molar refractivity (Wildman–Crippen MR) is 98.2 cm³/mol. The molecule has 0 bridgehead atoms. The number of ether oxygens (including phenoxy) is 1. The van der Waals surface area contributed by atoms with Crippen molar-refractivity contribution in [1.82, 2.24) is 10.3 Å². The maximum atomic E-state index is 13.2. The second kappa shape index (κ2) is 7.03. The number of halogens is 3. The van der Waals surface area contributed by atoms with Gasteiger partial charge in [-0.2, -0.15) is 13.2 Å². The standard InChI is InChI=1S/C20H16F3N3O2/c21-20(22,23)15-5-2-4-14-17(8-10-28-18(14)15)26-19(27)25-16-6-1-3-12-11-24-9-7-13(12)16/h1-7,9,11,17H,8,10H2,(H2,25,26,27)/t17-/m1/s1. The van der Waals surface area contributed by atoms with Crippen molar-refractivity contribution in [2.75, 3.05) is 11.9 Å². The fourth-order valence-electron chi connectivity index (χ4n) is 3.35. The fourth-order valence-corrected chi connectivity index (χ4v) is 3.35. The van der Waals surface area contributed by atoms with Gasteiger partial charge in [0, 0.05) is 35.2 Å². The van der Waals surface area contributed by atoms with Gasteiger partial charge in [0.2, 0.25) is 0 Å². The number of carbonyl (C=O) groups excluding carboxylic acids is 1. The number of aromatic nitrogens is 1. The minimum Gasteiger partial charge on any atom is -0.492 e. The Kier molecular flexibility index (Phi) is 4.54. The Morgan fingerprint density at radius 1 is 1.14 bits per heavy atom. The number of amides is 2. The van der Waals surface area contributed by atoms with Gasteiger partial charge in [-0.3, -0.25) is 4.98 Å². The number of urea groups is 1. The van der Waals surface area contributed by atoms with Gasteiger partial charge in [0.15, 0.2) is 0 Å². The van der Waals surface area contributed by atoms with Crippen LogP contribution in [0.5, 0.6) is 5.75 Å². The third kappa shape index (κ3) is 3.45. The van der Waals surface area contributed by atoms with Gasteiger partial charge in [-0.25, -0.2) is 4.79 Å². The van der Waals surface area contributed by atoms with Crippen molar-refractivity contribution in [2.24, 2.45) is 0 Å². The average Bonchev–Trinajstić information content (AvgIpc) is 2.67. The van der Waals surface area contributed by atoms with E-state index in [2.05, 4.69) is 15.6 Å². The van der Waals surface area contributed by atoms with E-state index >= 15 is 0 Å². The van der Waals surface area contributed by atoms with Gasteiger partial charge >= 0.3 is 12.2 Å². The summed E-state index contributed by atoms with van der Waals surface area (Å²) in [6.07, 6.45) is -0.835. The number of rotatable bonds is 2. The van der Waals surface area contributed by atoms with Crippen molar-refractivity contribution in [2.45, 2.75) is 18.6 Å². The lowest BCUT2D eigenvalue weighted by Gasteiger charge is -2.28. The summed E-state index contributed by atoms with van der Waals surface area (Å²) in [5.41, 5.74) is 0.0746. The van der Waals surface area contributed by atoms with Crippen LogP contribution >= 0.6 is 0 Å². The molecular weight excluding hydrogens is 371 g/mol. The number of hydrogen-bond donors (Lipinski definition) is 2. The molecule has 28 heavy (non-hydrogen) atoms. The number of hydrogen-bond acceptors (Lipinski definition) is 3. The molecule has 8 heteroatoms. The Morgan fingerprint density at radius 2 is 1.96 bits per heavy atom. The molecule has 3 aromatic rings. The van der Waals surface area contributed by atoms with Crippen molar-refractivity contribution in [3.8, 4) is 5.75 Å². The van der Waals surface area contributed by atoms with Crippen LogP contribution in [0.3, 0.4) is 0 Å². The van der Waals surface area contributed by atoms with E-state index in [1.54, 1.807) is 30.6 Å². The molecule has 1 aromatic heterocycles. The first-order chi connectivity index (χ1) is 13.4. The van der Waals surface area contributed by atoms with Crippen LogP contribution in [-0.4, -0.2) is 17.6 Å². The lowest BCUT2D eigenvalue weighted by Crippen LogP contribution is -2.35. The summed E-state index contributed by atoms with van der Waals surface area (Å²) in [6.45, 7) is 0.0883. The number of alkyl halides is 3. The van der Waals surface area contributed by atoms with E-state index in [0.717, 1.165) is 16.8 Å². The molecule has 0 aliphatic carbocycles. The number of anilines is 1. The minimum atomic E-state index is -4.52. The monoisotopic (exact) mass is 387 g/mol. The zero-order valence-corrected chi connectivity index (χ0v) is 14.6. The van der Waals surface area contributed by atoms with Crippen LogP contribution in [0.15, 0.2) is 54.9 Å². The molecule has 0 radical (unpaired) electrons. The van der Waals surface area contributed by atoms with Gasteiger partial charge in [-0.15, -0.1) is 0 Å². The van der Waals surface area contributed by atoms with Crippen molar-refractivity contribution in [3.63, 3.8) is 0 Å². The Hall–Kier alpha value is -3.29. The Labute approximate surface area is 158 Å². The smallest absolute Gasteiger partial charge is 0.419 e. The van der Waals surface area contributed by atoms with Crippen LogP contribution in [0.4, 0.5) is 23.7 Å². The molecule has 1 aliphatic rings. The second-order valence-electron chi connectivity index (χ2n) is 6.41. The SMILES string of the molecule is O=C(Nc1cccc2cnccc12)N[C@@H]1CCOc2c1cccc2C(F)(F)F. The Bertz CT molecular complexity index is 1030. The van der Waals surface area contributed by atoms with Gasteiger partial charge in [-0.05, 0) is 18.2 Å². The first-order valence-electron chi connectivity index (χ1n) is 8.66. The van der Waals surface area contributed by atoms with E-state index in [1.807, 2.05) is 6.07 Å². The number of nitrogens with zero attached hydrogens (tertiary/aromatic N) is 1. The molecule has 0 saturated heterocycles. The molecule has 2 N–H and O–H groups in total. The highest BCUT2D eigenvalue weighted by Crippen LogP contribution is 2.42. The molecule has 1 aliphatic heterocycles. The highest BCUT2D eigenvalue weighted by Gasteiger charge is 2.37. The number of benzene rings is 2. The van der Waals surface area contributed by atoms with Gasteiger partial charge in [0.1, 0.15) is 5.75 Å². The first-order valence-corrected chi connectivity index (χ1v) is 8.66. The largest absolute Gasteiger partial charge is 0.492 e. The molecule has 2 amide bonds. The molecule has 4 rings (SSSR count). The summed E-state index contributed by atoms with van der Waals surface area (Å²) >= 11 is 0. The summed E-state index contributed by atoms with van der Waals surface area (Å²) in [7, 11) is 0. The minimum absolute atomic E-state index is 0.0883. The maximum Gasteiger partial charge on any atom is 0.419 e. The molecule has 2 heterocycles. The Morgan fingerprint density at radius 3 is 2.79 bits per heavy atom. The normalized spacial score (nSPS) is 16.2.